The summed E-state index contributed by atoms with van der Waals surface area (Å²) in [4.78, 5) is 42.7. The van der Waals surface area contributed by atoms with Crippen LogP contribution in [0.5, 0.6) is 0 Å². The molecule has 0 aromatic rings. The minimum atomic E-state index is -0.607. The summed E-state index contributed by atoms with van der Waals surface area (Å²) in [5.41, 5.74) is -1.21. The van der Waals surface area contributed by atoms with Crippen molar-refractivity contribution in [2.24, 2.45) is 10.8 Å². The zero-order valence-corrected chi connectivity index (χ0v) is 19.0. The first kappa shape index (κ1) is 21.9. The van der Waals surface area contributed by atoms with Gasteiger partial charge in [0.05, 0.1) is 10.8 Å². The van der Waals surface area contributed by atoms with Gasteiger partial charge in [-0.1, -0.05) is 58.5 Å². The maximum absolute atomic E-state index is 13.6. The number of carbonyl (C=O) groups is 3. The second-order valence-electron chi connectivity index (χ2n) is 7.77. The molecule has 0 atom stereocenters. The molecule has 0 saturated carbocycles. The largest absolute Gasteiger partial charge is 0.341 e. The number of nitrogens with zero attached hydrogens (tertiary/aromatic N) is 2. The summed E-state index contributed by atoms with van der Waals surface area (Å²) in [6, 6.07) is 0. The molecule has 0 aromatic heterocycles. The van der Waals surface area contributed by atoms with Crippen molar-refractivity contribution in [2.75, 3.05) is 36.8 Å². The van der Waals surface area contributed by atoms with Crippen molar-refractivity contribution < 1.29 is 14.4 Å². The van der Waals surface area contributed by atoms with E-state index in [0.717, 1.165) is 25.7 Å². The highest BCUT2D eigenvalue weighted by molar-refractivity contribution is 9.09. The molecule has 2 bridgehead atoms. The smallest absolute Gasteiger partial charge is 0.223 e. The molecular weight excluding hydrogens is 464 g/mol. The van der Waals surface area contributed by atoms with Gasteiger partial charge in [-0.15, -0.1) is 0 Å². The Hall–Kier alpha value is -0.430. The molecule has 0 unspecified atom stereocenters. The normalized spacial score (nSPS) is 28.4. The molecular formula is C19H30Br2N2O3. The van der Waals surface area contributed by atoms with Crippen LogP contribution in [0.1, 0.15) is 52.4 Å². The maximum Gasteiger partial charge on any atom is 0.223 e. The summed E-state index contributed by atoms with van der Waals surface area (Å²) in [6.07, 6.45) is 4.10. The first-order valence-electron chi connectivity index (χ1n) is 9.60. The quantitative estimate of drug-likeness (QED) is 0.487. The van der Waals surface area contributed by atoms with E-state index >= 15 is 0 Å². The number of carbonyl (C=O) groups excluding carboxylic acids is 3. The molecule has 0 aliphatic carbocycles. The lowest BCUT2D eigenvalue weighted by molar-refractivity contribution is -0.171. The Bertz CT molecular complexity index is 495. The highest BCUT2D eigenvalue weighted by atomic mass is 79.9. The number of hydrogen-bond donors (Lipinski definition) is 0. The van der Waals surface area contributed by atoms with Gasteiger partial charge in [-0.05, 0) is 12.8 Å². The summed E-state index contributed by atoms with van der Waals surface area (Å²) >= 11 is 6.70. The lowest BCUT2D eigenvalue weighted by Gasteiger charge is -2.57. The van der Waals surface area contributed by atoms with E-state index in [1.807, 2.05) is 9.80 Å². The third kappa shape index (κ3) is 4.18. The summed E-state index contributed by atoms with van der Waals surface area (Å²) in [7, 11) is 0. The Balaban J connectivity index is 2.42. The second-order valence-corrected chi connectivity index (χ2v) is 9.35. The minimum absolute atomic E-state index is 0.107. The number of rotatable bonds is 8. The summed E-state index contributed by atoms with van der Waals surface area (Å²) in [5, 5.41) is 1.27. The van der Waals surface area contributed by atoms with Gasteiger partial charge in [0.1, 0.15) is 0 Å². The monoisotopic (exact) mass is 492 g/mol. The van der Waals surface area contributed by atoms with Crippen molar-refractivity contribution in [2.45, 2.75) is 52.4 Å². The molecule has 2 heterocycles. The van der Waals surface area contributed by atoms with Crippen LogP contribution in [0, 0.1) is 10.8 Å². The molecule has 2 saturated heterocycles. The predicted octanol–water partition coefficient (Wildman–Crippen LogP) is 3.38. The van der Waals surface area contributed by atoms with Crippen LogP contribution in [0.4, 0.5) is 0 Å². The summed E-state index contributed by atoms with van der Waals surface area (Å²) < 4.78 is 0. The number of fused-ring (bicyclic) bond motifs is 2. The number of ketones is 1. The van der Waals surface area contributed by atoms with Gasteiger partial charge in [-0.3, -0.25) is 14.4 Å². The highest BCUT2D eigenvalue weighted by Gasteiger charge is 2.60. The fourth-order valence-corrected chi connectivity index (χ4v) is 5.53. The van der Waals surface area contributed by atoms with E-state index in [9.17, 15) is 14.4 Å². The first-order valence-corrected chi connectivity index (χ1v) is 11.8. The van der Waals surface area contributed by atoms with Gasteiger partial charge in [0.15, 0.2) is 5.78 Å². The maximum atomic E-state index is 13.6. The van der Waals surface area contributed by atoms with Crippen LogP contribution in [0.15, 0.2) is 0 Å². The van der Waals surface area contributed by atoms with Crippen molar-refractivity contribution in [3.63, 3.8) is 0 Å². The zero-order valence-electron chi connectivity index (χ0n) is 15.9. The molecule has 2 rings (SSSR count). The van der Waals surface area contributed by atoms with E-state index in [4.69, 9.17) is 0 Å². The molecule has 0 aromatic carbocycles. The molecule has 2 aliphatic rings. The van der Waals surface area contributed by atoms with Crippen LogP contribution in [-0.4, -0.2) is 64.2 Å². The average molecular weight is 494 g/mol. The van der Waals surface area contributed by atoms with E-state index < -0.39 is 10.8 Å². The Labute approximate surface area is 173 Å². The van der Waals surface area contributed by atoms with E-state index in [1.54, 1.807) is 0 Å². The number of Topliss-reactive ketones (excluding diaryl/α,β-unsaturated/α-hetero) is 1. The number of amides is 2. The van der Waals surface area contributed by atoms with Gasteiger partial charge in [-0.25, -0.2) is 0 Å². The van der Waals surface area contributed by atoms with Crippen molar-refractivity contribution in [3.05, 3.63) is 0 Å². The van der Waals surface area contributed by atoms with Crippen LogP contribution >= 0.6 is 31.9 Å². The lowest BCUT2D eigenvalue weighted by atomic mass is 9.59. The third-order valence-corrected chi connectivity index (χ3v) is 6.51. The van der Waals surface area contributed by atoms with Gasteiger partial charge < -0.3 is 9.80 Å². The van der Waals surface area contributed by atoms with Crippen LogP contribution in [0.2, 0.25) is 0 Å². The van der Waals surface area contributed by atoms with E-state index in [0.29, 0.717) is 55.5 Å². The molecule has 0 N–H and O–H groups in total. The van der Waals surface area contributed by atoms with E-state index in [1.165, 1.54) is 0 Å². The van der Waals surface area contributed by atoms with Crippen molar-refractivity contribution in [1.82, 2.24) is 9.80 Å². The Morgan fingerprint density at radius 2 is 1.19 bits per heavy atom. The molecule has 7 heteroatoms. The van der Waals surface area contributed by atoms with Gasteiger partial charge in [0.2, 0.25) is 11.8 Å². The van der Waals surface area contributed by atoms with Crippen LogP contribution in [-0.2, 0) is 14.4 Å². The van der Waals surface area contributed by atoms with Crippen molar-refractivity contribution >= 4 is 49.5 Å². The van der Waals surface area contributed by atoms with Gasteiger partial charge >= 0.3 is 0 Å². The van der Waals surface area contributed by atoms with Gasteiger partial charge in [0.25, 0.3) is 0 Å². The number of alkyl halides is 2. The minimum Gasteiger partial charge on any atom is -0.341 e. The molecule has 2 fully saturated rings. The fraction of sp³-hybridized carbons (Fsp3) is 0.842. The Kier molecular flexibility index (Phi) is 7.72. The molecule has 148 valence electrons. The fourth-order valence-electron chi connectivity index (χ4n) is 4.85. The van der Waals surface area contributed by atoms with Crippen LogP contribution < -0.4 is 0 Å². The molecule has 5 nitrogen and oxygen atoms in total. The SMILES string of the molecule is CCCC12CN(C(=O)CCBr)CC(CCC)(CN(C(=O)CCBr)C1)C2=O. The van der Waals surface area contributed by atoms with Gasteiger partial charge in [-0.2, -0.15) is 0 Å². The number of hydrogen-bond acceptors (Lipinski definition) is 3. The van der Waals surface area contributed by atoms with E-state index in [2.05, 4.69) is 45.7 Å². The third-order valence-electron chi connectivity index (χ3n) is 5.72. The standard InChI is InChI=1S/C19H30Br2N2O3/c1-3-7-18-11-22(15(24)5-9-20)13-19(8-4-2,17(18)26)14-23(12-18)16(25)6-10-21/h3-14H2,1-2H3. The number of likely N-dealkylation sites (tertiary alicyclic amines) is 2. The van der Waals surface area contributed by atoms with Gasteiger partial charge in [0, 0.05) is 49.7 Å². The molecule has 2 amide bonds. The van der Waals surface area contributed by atoms with Crippen molar-refractivity contribution in [3.8, 4) is 0 Å². The summed E-state index contributed by atoms with van der Waals surface area (Å²) in [5.74, 6) is 0.505. The van der Waals surface area contributed by atoms with Crippen molar-refractivity contribution in [1.29, 1.82) is 0 Å². The lowest BCUT2D eigenvalue weighted by Crippen LogP contribution is -2.71. The number of halogens is 2. The van der Waals surface area contributed by atoms with Crippen LogP contribution in [0.25, 0.3) is 0 Å². The van der Waals surface area contributed by atoms with E-state index in [-0.39, 0.29) is 11.8 Å². The topological polar surface area (TPSA) is 57.7 Å². The molecule has 2 aliphatic heterocycles. The molecule has 0 radical (unpaired) electrons. The second kappa shape index (κ2) is 9.18. The number of piperidine rings is 2. The summed E-state index contributed by atoms with van der Waals surface area (Å²) in [6.45, 7) is 5.96. The zero-order chi connectivity index (χ0) is 19.4. The Morgan fingerprint density at radius 3 is 1.46 bits per heavy atom. The molecule has 26 heavy (non-hydrogen) atoms. The van der Waals surface area contributed by atoms with Crippen LogP contribution in [0.3, 0.4) is 0 Å². The highest BCUT2D eigenvalue weighted by Crippen LogP contribution is 2.47. The Morgan fingerprint density at radius 1 is 0.846 bits per heavy atom. The first-order chi connectivity index (χ1) is 12.4. The average Bonchev–Trinajstić information content (AvgIpc) is 2.58. The predicted molar refractivity (Wildman–Crippen MR) is 110 cm³/mol. The molecule has 0 spiro atoms.